The average molecular weight is 456 g/mol. The molecule has 32 heavy (non-hydrogen) atoms. The summed E-state index contributed by atoms with van der Waals surface area (Å²) in [5.74, 6) is 0.309. The molecule has 0 bridgehead atoms. The summed E-state index contributed by atoms with van der Waals surface area (Å²) in [4.78, 5) is 26.0. The second-order valence-corrected chi connectivity index (χ2v) is 10.8. The number of carbonyl (C=O) groups is 1. The van der Waals surface area contributed by atoms with Crippen molar-refractivity contribution in [2.45, 2.75) is 54.7 Å². The molecule has 1 saturated carbocycles. The Balaban J connectivity index is 1.50. The van der Waals surface area contributed by atoms with Gasteiger partial charge in [-0.05, 0) is 38.0 Å². The molecule has 2 aliphatic rings. The quantitative estimate of drug-likeness (QED) is 0.508. The lowest BCUT2D eigenvalue weighted by Gasteiger charge is -2.26. The van der Waals surface area contributed by atoms with Crippen LogP contribution in [0.3, 0.4) is 0 Å². The van der Waals surface area contributed by atoms with Gasteiger partial charge < -0.3 is 4.74 Å². The maximum absolute atomic E-state index is 13.4. The summed E-state index contributed by atoms with van der Waals surface area (Å²) in [6.07, 6.45) is 13.3. The molecule has 0 aromatic carbocycles. The van der Waals surface area contributed by atoms with Crippen LogP contribution in [0.15, 0.2) is 42.1 Å². The molecule has 10 heteroatoms. The molecule has 1 saturated heterocycles. The zero-order valence-electron chi connectivity index (χ0n) is 17.6. The van der Waals surface area contributed by atoms with Crippen LogP contribution in [0.4, 0.5) is 0 Å². The Labute approximate surface area is 186 Å². The fraction of sp³-hybridized carbons (Fsp3) is 0.500. The van der Waals surface area contributed by atoms with Crippen LogP contribution in [0.2, 0.25) is 0 Å². The third-order valence-corrected chi connectivity index (χ3v) is 8.53. The van der Waals surface area contributed by atoms with E-state index in [1.807, 2.05) is 0 Å². The van der Waals surface area contributed by atoms with Crippen molar-refractivity contribution >= 4 is 26.5 Å². The third kappa shape index (κ3) is 4.29. The van der Waals surface area contributed by atoms with Crippen LogP contribution in [0, 0.1) is 5.92 Å². The number of ether oxygens (including phenoxy) is 1. The van der Waals surface area contributed by atoms with Gasteiger partial charge in [0.2, 0.25) is 0 Å². The molecule has 1 unspecified atom stereocenters. The van der Waals surface area contributed by atoms with E-state index in [4.69, 9.17) is 4.74 Å². The third-order valence-electron chi connectivity index (χ3n) is 6.24. The molecule has 2 fully saturated rings. The number of ketones is 1. The van der Waals surface area contributed by atoms with Crippen molar-refractivity contribution in [2.75, 3.05) is 13.2 Å². The molecule has 1 aliphatic heterocycles. The van der Waals surface area contributed by atoms with E-state index in [1.165, 1.54) is 6.20 Å². The van der Waals surface area contributed by atoms with Crippen molar-refractivity contribution in [2.24, 2.45) is 5.92 Å². The zero-order valence-corrected chi connectivity index (χ0v) is 18.4. The van der Waals surface area contributed by atoms with Crippen LogP contribution in [0.1, 0.15) is 43.8 Å². The molecule has 1 aliphatic carbocycles. The smallest absolute Gasteiger partial charge is 0.183 e. The topological polar surface area (TPSA) is 117 Å². The van der Waals surface area contributed by atoms with Gasteiger partial charge in [0.25, 0.3) is 0 Å². The molecule has 0 spiro atoms. The number of fused-ring (bicyclic) bond motifs is 1. The molecular weight excluding hydrogens is 430 g/mol. The van der Waals surface area contributed by atoms with Crippen molar-refractivity contribution in [3.05, 3.63) is 42.9 Å². The average Bonchev–Trinajstić information content (AvgIpc) is 3.58. The number of sulfone groups is 1. The molecule has 0 N–H and O–H groups in total. The first-order valence-corrected chi connectivity index (χ1v) is 12.5. The molecular formula is C22H25N5O4S. The van der Waals surface area contributed by atoms with Gasteiger partial charge in [-0.25, -0.2) is 8.42 Å². The molecule has 9 nitrogen and oxygen atoms in total. The Kier molecular flexibility index (Phi) is 5.73. The second kappa shape index (κ2) is 8.67. The van der Waals surface area contributed by atoms with E-state index < -0.39 is 15.9 Å². The Hall–Kier alpha value is -2.72. The highest BCUT2D eigenvalue weighted by atomic mass is 32.2. The van der Waals surface area contributed by atoms with Crippen molar-refractivity contribution < 1.29 is 17.9 Å². The van der Waals surface area contributed by atoms with E-state index in [9.17, 15) is 13.2 Å². The lowest BCUT2D eigenvalue weighted by atomic mass is 9.90. The summed E-state index contributed by atoms with van der Waals surface area (Å²) in [5, 5.41) is 4.78. The van der Waals surface area contributed by atoms with Crippen LogP contribution in [0.5, 0.6) is 0 Å². The van der Waals surface area contributed by atoms with Gasteiger partial charge in [0.05, 0.1) is 28.5 Å². The van der Waals surface area contributed by atoms with E-state index in [1.54, 1.807) is 35.7 Å². The monoisotopic (exact) mass is 455 g/mol. The van der Waals surface area contributed by atoms with Gasteiger partial charge in [0.1, 0.15) is 11.6 Å². The van der Waals surface area contributed by atoms with Crippen molar-refractivity contribution in [3.8, 4) is 0 Å². The van der Waals surface area contributed by atoms with Gasteiger partial charge in [0, 0.05) is 49.6 Å². The molecule has 4 heterocycles. The van der Waals surface area contributed by atoms with Crippen LogP contribution >= 0.6 is 0 Å². The minimum atomic E-state index is -3.44. The van der Waals surface area contributed by atoms with Gasteiger partial charge >= 0.3 is 0 Å². The van der Waals surface area contributed by atoms with Gasteiger partial charge in [-0.2, -0.15) is 5.10 Å². The minimum absolute atomic E-state index is 0.0237. The molecule has 168 valence electrons. The standard InChI is InChI=1S/C22H25N5O4S/c28-21(10-16-11-23-5-6-25-16)20(9-15-3-7-31-8-4-15)27-14-18-19(26-27)12-24-13-22(18)32(29,30)17-1-2-17/h5-6,11-15,17,20H,1-4,7-10H2. The Morgan fingerprint density at radius 1 is 1.09 bits per heavy atom. The van der Waals surface area contributed by atoms with Crippen molar-refractivity contribution in [1.82, 2.24) is 24.7 Å². The SMILES string of the molecule is O=C(Cc1cnccn1)C(CC1CCOCC1)n1cc2c(S(=O)(=O)C3CC3)cncc2n1. The number of nitrogens with zero attached hydrogens (tertiary/aromatic N) is 5. The molecule has 3 aromatic rings. The highest BCUT2D eigenvalue weighted by Crippen LogP contribution is 2.36. The zero-order chi connectivity index (χ0) is 22.1. The fourth-order valence-electron chi connectivity index (χ4n) is 4.28. The number of carbonyl (C=O) groups excluding carboxylic acids is 1. The predicted octanol–water partition coefficient (Wildman–Crippen LogP) is 2.33. The van der Waals surface area contributed by atoms with E-state index in [0.717, 1.165) is 12.8 Å². The lowest BCUT2D eigenvalue weighted by molar-refractivity contribution is -0.122. The Morgan fingerprint density at radius 2 is 1.91 bits per heavy atom. The van der Waals surface area contributed by atoms with Crippen LogP contribution < -0.4 is 0 Å². The first-order chi connectivity index (χ1) is 15.5. The van der Waals surface area contributed by atoms with E-state index in [0.29, 0.717) is 55.0 Å². The van der Waals surface area contributed by atoms with Gasteiger partial charge in [-0.15, -0.1) is 0 Å². The summed E-state index contributed by atoms with van der Waals surface area (Å²) in [6, 6.07) is -0.524. The number of rotatable bonds is 8. The number of pyridine rings is 1. The van der Waals surface area contributed by atoms with Crippen LogP contribution in [0.25, 0.3) is 10.9 Å². The van der Waals surface area contributed by atoms with Crippen LogP contribution in [-0.2, 0) is 25.8 Å². The number of hydrogen-bond acceptors (Lipinski definition) is 8. The molecule has 0 amide bonds. The Morgan fingerprint density at radius 3 is 2.62 bits per heavy atom. The maximum atomic E-state index is 13.4. The highest BCUT2D eigenvalue weighted by molar-refractivity contribution is 7.92. The first-order valence-electron chi connectivity index (χ1n) is 10.9. The van der Waals surface area contributed by atoms with E-state index in [-0.39, 0.29) is 22.3 Å². The van der Waals surface area contributed by atoms with Gasteiger partial charge in [-0.3, -0.25) is 24.4 Å². The molecule has 0 radical (unpaired) electrons. The summed E-state index contributed by atoms with van der Waals surface area (Å²) in [5.41, 5.74) is 1.08. The van der Waals surface area contributed by atoms with E-state index in [2.05, 4.69) is 20.1 Å². The molecule has 3 aromatic heterocycles. The maximum Gasteiger partial charge on any atom is 0.183 e. The van der Waals surface area contributed by atoms with Crippen molar-refractivity contribution in [1.29, 1.82) is 0 Å². The largest absolute Gasteiger partial charge is 0.381 e. The van der Waals surface area contributed by atoms with Gasteiger partial charge in [0.15, 0.2) is 15.6 Å². The predicted molar refractivity (Wildman–Crippen MR) is 116 cm³/mol. The number of Topliss-reactive ketones (excluding diaryl/α,β-unsaturated/α-hetero) is 1. The summed E-state index contributed by atoms with van der Waals surface area (Å²) < 4.78 is 32.9. The molecule has 1 atom stereocenters. The normalized spacial score (nSPS) is 18.6. The minimum Gasteiger partial charge on any atom is -0.381 e. The second-order valence-electron chi connectivity index (χ2n) is 8.57. The first kappa shape index (κ1) is 21.1. The summed E-state index contributed by atoms with van der Waals surface area (Å²) in [6.45, 7) is 1.37. The highest BCUT2D eigenvalue weighted by Gasteiger charge is 2.38. The van der Waals surface area contributed by atoms with Gasteiger partial charge in [-0.1, -0.05) is 0 Å². The number of hydrogen-bond donors (Lipinski definition) is 0. The van der Waals surface area contributed by atoms with E-state index >= 15 is 0 Å². The Bertz CT molecular complexity index is 1220. The van der Waals surface area contributed by atoms with Crippen molar-refractivity contribution in [3.63, 3.8) is 0 Å². The fourth-order valence-corrected chi connectivity index (χ4v) is 6.07. The summed E-state index contributed by atoms with van der Waals surface area (Å²) >= 11 is 0. The summed E-state index contributed by atoms with van der Waals surface area (Å²) in [7, 11) is -3.44. The molecule has 5 rings (SSSR count). The van der Waals surface area contributed by atoms with Crippen LogP contribution in [-0.4, -0.2) is 57.4 Å². The number of aromatic nitrogens is 5. The lowest BCUT2D eigenvalue weighted by Crippen LogP contribution is -2.27.